The molecule has 0 amide bonds. The number of nitro benzene ring substituents is 1. The summed E-state index contributed by atoms with van der Waals surface area (Å²) in [5, 5.41) is 26.9. The standard InChI is InChI=1S/C18H22N4O3.HI/c1-19-18(20-11-15-9-5-6-10-17(15)22(24)25)21-12-16(13-23)14-7-3-2-4-8-14;/h2-10,16,23H,11-13H2,1H3,(H2,19,20,21);1H. The van der Waals surface area contributed by atoms with Gasteiger partial charge >= 0.3 is 0 Å². The number of nitro groups is 1. The Labute approximate surface area is 169 Å². The van der Waals surface area contributed by atoms with E-state index in [-0.39, 0.29) is 48.7 Å². The van der Waals surface area contributed by atoms with Gasteiger partial charge in [0.25, 0.3) is 5.69 Å². The van der Waals surface area contributed by atoms with E-state index in [9.17, 15) is 15.2 Å². The van der Waals surface area contributed by atoms with Gasteiger partial charge in [-0.25, -0.2) is 0 Å². The predicted octanol–water partition coefficient (Wildman–Crippen LogP) is 2.65. The van der Waals surface area contributed by atoms with E-state index in [4.69, 9.17) is 0 Å². The first kappa shape index (κ1) is 21.8. The Morgan fingerprint density at radius 2 is 1.81 bits per heavy atom. The average molecular weight is 470 g/mol. The Morgan fingerprint density at radius 3 is 2.42 bits per heavy atom. The molecule has 0 aliphatic rings. The lowest BCUT2D eigenvalue weighted by Gasteiger charge is -2.18. The van der Waals surface area contributed by atoms with Crippen molar-refractivity contribution in [1.29, 1.82) is 0 Å². The molecule has 0 saturated heterocycles. The van der Waals surface area contributed by atoms with Gasteiger partial charge in [0, 0.05) is 37.7 Å². The number of aliphatic imine (C=N–C) groups is 1. The number of benzene rings is 2. The summed E-state index contributed by atoms with van der Waals surface area (Å²) in [6.07, 6.45) is 0. The second-order valence-electron chi connectivity index (χ2n) is 5.48. The summed E-state index contributed by atoms with van der Waals surface area (Å²) in [6, 6.07) is 16.3. The Balaban J connectivity index is 0.00000338. The summed E-state index contributed by atoms with van der Waals surface area (Å²) in [7, 11) is 1.63. The van der Waals surface area contributed by atoms with Crippen molar-refractivity contribution in [3.05, 3.63) is 75.8 Å². The van der Waals surface area contributed by atoms with E-state index in [2.05, 4.69) is 15.6 Å². The van der Waals surface area contributed by atoms with Crippen LogP contribution >= 0.6 is 24.0 Å². The van der Waals surface area contributed by atoms with Crippen molar-refractivity contribution in [3.63, 3.8) is 0 Å². The predicted molar refractivity (Wildman–Crippen MR) is 113 cm³/mol. The molecule has 0 saturated carbocycles. The van der Waals surface area contributed by atoms with Crippen LogP contribution in [0.2, 0.25) is 0 Å². The van der Waals surface area contributed by atoms with Gasteiger partial charge in [-0.2, -0.15) is 0 Å². The number of halogens is 1. The Hall–Kier alpha value is -2.20. The quantitative estimate of drug-likeness (QED) is 0.190. The van der Waals surface area contributed by atoms with Crippen molar-refractivity contribution < 1.29 is 10.0 Å². The van der Waals surface area contributed by atoms with Gasteiger partial charge in [-0.1, -0.05) is 48.5 Å². The first-order valence-electron chi connectivity index (χ1n) is 7.98. The molecule has 0 radical (unpaired) electrons. The lowest BCUT2D eigenvalue weighted by Crippen LogP contribution is -2.39. The van der Waals surface area contributed by atoms with Crippen molar-refractivity contribution >= 4 is 35.6 Å². The fourth-order valence-corrected chi connectivity index (χ4v) is 2.47. The summed E-state index contributed by atoms with van der Waals surface area (Å²) < 4.78 is 0. The van der Waals surface area contributed by atoms with Gasteiger partial charge in [-0.15, -0.1) is 24.0 Å². The van der Waals surface area contributed by atoms with E-state index in [1.807, 2.05) is 30.3 Å². The molecule has 0 fully saturated rings. The monoisotopic (exact) mass is 470 g/mol. The molecule has 0 heterocycles. The summed E-state index contributed by atoms with van der Waals surface area (Å²) in [4.78, 5) is 14.8. The van der Waals surface area contributed by atoms with Crippen LogP contribution < -0.4 is 10.6 Å². The first-order valence-corrected chi connectivity index (χ1v) is 7.98. The number of nitrogens with zero attached hydrogens (tertiary/aromatic N) is 2. The number of para-hydroxylation sites is 1. The minimum Gasteiger partial charge on any atom is -0.396 e. The molecule has 0 bridgehead atoms. The second kappa shape index (κ2) is 11.4. The van der Waals surface area contributed by atoms with Crippen LogP contribution in [-0.2, 0) is 6.54 Å². The normalized spacial score (nSPS) is 12.0. The lowest BCUT2D eigenvalue weighted by molar-refractivity contribution is -0.385. The number of hydrogen-bond acceptors (Lipinski definition) is 4. The van der Waals surface area contributed by atoms with E-state index >= 15 is 0 Å². The zero-order valence-corrected chi connectivity index (χ0v) is 16.8. The van der Waals surface area contributed by atoms with E-state index < -0.39 is 4.92 Å². The fraction of sp³-hybridized carbons (Fsp3) is 0.278. The molecule has 0 spiro atoms. The van der Waals surface area contributed by atoms with Gasteiger partial charge in [0.15, 0.2) is 5.96 Å². The average Bonchev–Trinajstić information content (AvgIpc) is 2.65. The van der Waals surface area contributed by atoms with Crippen LogP contribution in [-0.4, -0.2) is 36.2 Å². The van der Waals surface area contributed by atoms with Crippen molar-refractivity contribution in [2.45, 2.75) is 12.5 Å². The van der Waals surface area contributed by atoms with Crippen molar-refractivity contribution in [2.75, 3.05) is 20.2 Å². The SMILES string of the molecule is CN=C(NCc1ccccc1[N+](=O)[O-])NCC(CO)c1ccccc1.I. The van der Waals surface area contributed by atoms with Crippen molar-refractivity contribution in [1.82, 2.24) is 10.6 Å². The highest BCUT2D eigenvalue weighted by Gasteiger charge is 2.14. The van der Waals surface area contributed by atoms with E-state index in [0.717, 1.165) is 5.56 Å². The van der Waals surface area contributed by atoms with Crippen LogP contribution in [0.1, 0.15) is 17.0 Å². The van der Waals surface area contributed by atoms with Gasteiger partial charge in [-0.05, 0) is 5.56 Å². The molecule has 2 aromatic rings. The number of rotatable bonds is 7. The Bertz CT molecular complexity index is 725. The molecule has 0 aliphatic carbocycles. The third-order valence-electron chi connectivity index (χ3n) is 3.87. The highest BCUT2D eigenvalue weighted by molar-refractivity contribution is 14.0. The van der Waals surface area contributed by atoms with E-state index in [1.165, 1.54) is 6.07 Å². The van der Waals surface area contributed by atoms with Gasteiger partial charge in [0.2, 0.25) is 0 Å². The number of aliphatic hydroxyl groups excluding tert-OH is 1. The minimum absolute atomic E-state index is 0. The third kappa shape index (κ3) is 6.26. The maximum atomic E-state index is 11.1. The second-order valence-corrected chi connectivity index (χ2v) is 5.48. The number of aliphatic hydroxyl groups is 1. The van der Waals surface area contributed by atoms with Crippen LogP contribution in [0.25, 0.3) is 0 Å². The largest absolute Gasteiger partial charge is 0.396 e. The molecule has 2 aromatic carbocycles. The van der Waals surface area contributed by atoms with Gasteiger partial charge < -0.3 is 15.7 Å². The highest BCUT2D eigenvalue weighted by Crippen LogP contribution is 2.17. The molecule has 140 valence electrons. The third-order valence-corrected chi connectivity index (χ3v) is 3.87. The molecule has 7 nitrogen and oxygen atoms in total. The number of hydrogen-bond donors (Lipinski definition) is 3. The molecular formula is C18H23IN4O3. The van der Waals surface area contributed by atoms with Gasteiger partial charge in [-0.3, -0.25) is 15.1 Å². The van der Waals surface area contributed by atoms with Crippen LogP contribution in [0.3, 0.4) is 0 Å². The molecule has 1 unspecified atom stereocenters. The van der Waals surface area contributed by atoms with Gasteiger partial charge in [0.05, 0.1) is 11.5 Å². The smallest absolute Gasteiger partial charge is 0.274 e. The summed E-state index contributed by atoms with van der Waals surface area (Å²) in [5.41, 5.74) is 1.69. The summed E-state index contributed by atoms with van der Waals surface area (Å²) in [6.45, 7) is 0.793. The van der Waals surface area contributed by atoms with Crippen LogP contribution in [0.4, 0.5) is 5.69 Å². The molecule has 8 heteroatoms. The zero-order chi connectivity index (χ0) is 18.1. The Morgan fingerprint density at radius 1 is 1.15 bits per heavy atom. The van der Waals surface area contributed by atoms with Crippen molar-refractivity contribution in [3.8, 4) is 0 Å². The topological polar surface area (TPSA) is 99.8 Å². The lowest BCUT2D eigenvalue weighted by atomic mass is 10.0. The van der Waals surface area contributed by atoms with Crippen molar-refractivity contribution in [2.24, 2.45) is 4.99 Å². The molecule has 2 rings (SSSR count). The minimum atomic E-state index is -0.398. The van der Waals surface area contributed by atoms with Gasteiger partial charge in [0.1, 0.15) is 0 Å². The molecule has 26 heavy (non-hydrogen) atoms. The molecule has 0 aromatic heterocycles. The fourth-order valence-electron chi connectivity index (χ4n) is 2.47. The molecule has 1 atom stereocenters. The van der Waals surface area contributed by atoms with Crippen LogP contribution in [0.5, 0.6) is 0 Å². The van der Waals surface area contributed by atoms with E-state index in [0.29, 0.717) is 18.1 Å². The molecule has 0 aliphatic heterocycles. The van der Waals surface area contributed by atoms with Crippen LogP contribution in [0, 0.1) is 10.1 Å². The summed E-state index contributed by atoms with van der Waals surface area (Å²) in [5.74, 6) is 0.457. The molecule has 3 N–H and O–H groups in total. The number of nitrogens with one attached hydrogen (secondary N) is 2. The maximum absolute atomic E-state index is 11.1. The first-order chi connectivity index (χ1) is 12.2. The van der Waals surface area contributed by atoms with Crippen LogP contribution in [0.15, 0.2) is 59.6 Å². The molecular weight excluding hydrogens is 447 g/mol. The maximum Gasteiger partial charge on any atom is 0.274 e. The summed E-state index contributed by atoms with van der Waals surface area (Å²) >= 11 is 0. The zero-order valence-electron chi connectivity index (χ0n) is 14.5. The van der Waals surface area contributed by atoms with E-state index in [1.54, 1.807) is 25.2 Å². The Kier molecular flexibility index (Phi) is 9.60. The number of guanidine groups is 1. The highest BCUT2D eigenvalue weighted by atomic mass is 127.